The Morgan fingerprint density at radius 3 is 2.18 bits per heavy atom. The zero-order valence-corrected chi connectivity index (χ0v) is 18.4. The van der Waals surface area contributed by atoms with Gasteiger partial charge in [-0.05, 0) is 23.8 Å². The van der Waals surface area contributed by atoms with Crippen LogP contribution < -0.4 is 14.8 Å². The van der Waals surface area contributed by atoms with Gasteiger partial charge < -0.3 is 24.1 Å². The summed E-state index contributed by atoms with van der Waals surface area (Å²) in [5.74, 6) is 0.0455. The number of non-ortho nitro benzene ring substituents is 1. The van der Waals surface area contributed by atoms with E-state index in [4.69, 9.17) is 9.47 Å². The van der Waals surface area contributed by atoms with Crippen molar-refractivity contribution in [1.82, 2.24) is 14.9 Å². The van der Waals surface area contributed by atoms with E-state index < -0.39 is 28.5 Å². The summed E-state index contributed by atoms with van der Waals surface area (Å²) in [4.78, 5) is 40.1. The number of benzene rings is 2. The number of nitrogens with zero attached hydrogens (tertiary/aromatic N) is 3. The Balaban J connectivity index is 2.07. The van der Waals surface area contributed by atoms with E-state index in [2.05, 4.69) is 15.0 Å². The molecule has 1 aromatic heterocycles. The van der Waals surface area contributed by atoms with E-state index in [-0.39, 0.29) is 11.1 Å². The van der Waals surface area contributed by atoms with Crippen LogP contribution in [-0.4, -0.2) is 47.7 Å². The molecule has 11 nitrogen and oxygen atoms in total. The van der Waals surface area contributed by atoms with Gasteiger partial charge in [-0.25, -0.2) is 9.78 Å². The maximum atomic E-state index is 13.2. The molecular formula is C22H22N4O7. The highest BCUT2D eigenvalue weighted by Crippen LogP contribution is 2.30. The summed E-state index contributed by atoms with van der Waals surface area (Å²) in [6, 6.07) is 7.72. The molecule has 1 N–H and O–H groups in total. The van der Waals surface area contributed by atoms with Crippen molar-refractivity contribution in [3.05, 3.63) is 81.4 Å². The second kappa shape index (κ2) is 9.81. The molecule has 0 aliphatic heterocycles. The molecule has 2 aromatic carbocycles. The molecule has 172 valence electrons. The van der Waals surface area contributed by atoms with Gasteiger partial charge in [0, 0.05) is 43.2 Å². The molecular weight excluding hydrogens is 432 g/mol. The fraction of sp³-hybridized carbons (Fsp3) is 0.227. The molecule has 11 heteroatoms. The Bertz CT molecular complexity index is 1180. The number of nitrogens with one attached hydrogen (secondary N) is 1. The second-order valence-corrected chi connectivity index (χ2v) is 6.97. The van der Waals surface area contributed by atoms with E-state index in [0.717, 1.165) is 19.2 Å². The summed E-state index contributed by atoms with van der Waals surface area (Å²) in [6.45, 7) is 0. The highest BCUT2D eigenvalue weighted by Gasteiger charge is 2.25. The summed E-state index contributed by atoms with van der Waals surface area (Å²) >= 11 is 0. The van der Waals surface area contributed by atoms with Gasteiger partial charge in [0.15, 0.2) is 0 Å². The molecule has 3 aromatic rings. The number of hydrogen-bond acceptors (Lipinski definition) is 8. The fourth-order valence-corrected chi connectivity index (χ4v) is 3.25. The van der Waals surface area contributed by atoms with E-state index in [1.807, 2.05) is 0 Å². The van der Waals surface area contributed by atoms with Crippen molar-refractivity contribution in [2.24, 2.45) is 7.05 Å². The molecule has 0 bridgehead atoms. The van der Waals surface area contributed by atoms with Gasteiger partial charge in [-0.3, -0.25) is 14.9 Å². The Morgan fingerprint density at radius 2 is 1.67 bits per heavy atom. The van der Waals surface area contributed by atoms with Crippen molar-refractivity contribution >= 4 is 17.6 Å². The molecule has 0 radical (unpaired) electrons. The predicted octanol–water partition coefficient (Wildman–Crippen LogP) is 2.65. The van der Waals surface area contributed by atoms with Crippen LogP contribution in [0.25, 0.3) is 0 Å². The summed E-state index contributed by atoms with van der Waals surface area (Å²) in [5.41, 5.74) is -0.0146. The van der Waals surface area contributed by atoms with E-state index in [0.29, 0.717) is 22.9 Å². The Hall–Kier alpha value is -4.41. The number of esters is 1. The molecule has 1 heterocycles. The van der Waals surface area contributed by atoms with Gasteiger partial charge in [-0.2, -0.15) is 0 Å². The number of carbonyl (C=O) groups is 2. The molecule has 0 fully saturated rings. The zero-order chi connectivity index (χ0) is 24.1. The first kappa shape index (κ1) is 23.3. The van der Waals surface area contributed by atoms with Gasteiger partial charge in [0.05, 0.1) is 31.8 Å². The van der Waals surface area contributed by atoms with Crippen molar-refractivity contribution in [1.29, 1.82) is 0 Å². The van der Waals surface area contributed by atoms with Crippen LogP contribution in [0, 0.1) is 10.1 Å². The van der Waals surface area contributed by atoms with Gasteiger partial charge in [-0.15, -0.1) is 0 Å². The van der Waals surface area contributed by atoms with Gasteiger partial charge in [0.1, 0.15) is 23.4 Å². The van der Waals surface area contributed by atoms with E-state index in [1.54, 1.807) is 42.2 Å². The number of nitro groups is 1. The first-order chi connectivity index (χ1) is 15.8. The first-order valence-corrected chi connectivity index (χ1v) is 9.66. The Kier molecular flexibility index (Phi) is 6.91. The SMILES string of the molecule is COC(=O)c1cc(C(=O)NC(c2cc(OC)cc(OC)c2)c2nccn2C)cc([N+](=O)[O-])c1. The summed E-state index contributed by atoms with van der Waals surface area (Å²) < 4.78 is 17.0. The number of aryl methyl sites for hydroxylation is 1. The standard InChI is InChI=1S/C22H22N4O7/c1-25-6-5-23-20(25)19(13-10-17(31-2)12-18(11-13)32-3)24-21(27)14-7-15(22(28)33-4)9-16(8-14)26(29)30/h5-12,19H,1-4H3,(H,24,27). The predicted molar refractivity (Wildman–Crippen MR) is 116 cm³/mol. The fourth-order valence-electron chi connectivity index (χ4n) is 3.25. The topological polar surface area (TPSA) is 135 Å². The molecule has 0 spiro atoms. The number of amides is 1. The Morgan fingerprint density at radius 1 is 1.03 bits per heavy atom. The van der Waals surface area contributed by atoms with E-state index in [1.165, 1.54) is 20.3 Å². The quantitative estimate of drug-likeness (QED) is 0.312. The third-order valence-electron chi connectivity index (χ3n) is 4.91. The minimum Gasteiger partial charge on any atom is -0.497 e. The summed E-state index contributed by atoms with van der Waals surface area (Å²) in [7, 11) is 5.92. The molecule has 1 unspecified atom stereocenters. The zero-order valence-electron chi connectivity index (χ0n) is 18.4. The number of aromatic nitrogens is 2. The van der Waals surface area contributed by atoms with E-state index in [9.17, 15) is 19.7 Å². The van der Waals surface area contributed by atoms with Gasteiger partial charge >= 0.3 is 5.97 Å². The van der Waals surface area contributed by atoms with Crippen LogP contribution in [0.3, 0.4) is 0 Å². The highest BCUT2D eigenvalue weighted by molar-refractivity contribution is 5.99. The number of methoxy groups -OCH3 is 3. The number of hydrogen-bond donors (Lipinski definition) is 1. The molecule has 1 atom stereocenters. The lowest BCUT2D eigenvalue weighted by molar-refractivity contribution is -0.384. The summed E-state index contributed by atoms with van der Waals surface area (Å²) in [5, 5.41) is 14.2. The minimum atomic E-state index is -0.800. The van der Waals surface area contributed by atoms with Crippen LogP contribution >= 0.6 is 0 Å². The lowest BCUT2D eigenvalue weighted by atomic mass is 10.0. The van der Waals surface area contributed by atoms with Crippen LogP contribution in [-0.2, 0) is 11.8 Å². The van der Waals surface area contributed by atoms with Crippen molar-refractivity contribution in [3.63, 3.8) is 0 Å². The molecule has 0 saturated heterocycles. The number of ether oxygens (including phenoxy) is 3. The van der Waals surface area contributed by atoms with Crippen molar-refractivity contribution in [2.75, 3.05) is 21.3 Å². The number of imidazole rings is 1. The van der Waals surface area contributed by atoms with Crippen LogP contribution in [0.5, 0.6) is 11.5 Å². The van der Waals surface area contributed by atoms with Gasteiger partial charge in [0.25, 0.3) is 11.6 Å². The summed E-state index contributed by atoms with van der Waals surface area (Å²) in [6.07, 6.45) is 3.29. The highest BCUT2D eigenvalue weighted by atomic mass is 16.6. The van der Waals surface area contributed by atoms with E-state index >= 15 is 0 Å². The number of carbonyl (C=O) groups excluding carboxylic acids is 2. The van der Waals surface area contributed by atoms with Crippen LogP contribution in [0.1, 0.15) is 38.1 Å². The van der Waals surface area contributed by atoms with Crippen molar-refractivity contribution in [2.45, 2.75) is 6.04 Å². The normalized spacial score (nSPS) is 11.4. The minimum absolute atomic E-state index is 0.0846. The lowest BCUT2D eigenvalue weighted by Gasteiger charge is -2.20. The smallest absolute Gasteiger partial charge is 0.338 e. The first-order valence-electron chi connectivity index (χ1n) is 9.66. The molecule has 33 heavy (non-hydrogen) atoms. The molecule has 0 saturated carbocycles. The largest absolute Gasteiger partial charge is 0.497 e. The van der Waals surface area contributed by atoms with Crippen molar-refractivity contribution in [3.8, 4) is 11.5 Å². The second-order valence-electron chi connectivity index (χ2n) is 6.97. The van der Waals surface area contributed by atoms with Crippen LogP contribution in [0.2, 0.25) is 0 Å². The molecule has 1 amide bonds. The monoisotopic (exact) mass is 454 g/mol. The molecule has 3 rings (SSSR count). The third kappa shape index (κ3) is 5.09. The lowest BCUT2D eigenvalue weighted by Crippen LogP contribution is -2.31. The molecule has 0 aliphatic carbocycles. The average Bonchev–Trinajstić information content (AvgIpc) is 3.26. The van der Waals surface area contributed by atoms with Crippen LogP contribution in [0.4, 0.5) is 5.69 Å². The maximum absolute atomic E-state index is 13.2. The maximum Gasteiger partial charge on any atom is 0.338 e. The van der Waals surface area contributed by atoms with Crippen molar-refractivity contribution < 1.29 is 28.7 Å². The Labute approximate surface area is 189 Å². The molecule has 0 aliphatic rings. The third-order valence-corrected chi connectivity index (χ3v) is 4.91. The average molecular weight is 454 g/mol. The van der Waals surface area contributed by atoms with Gasteiger partial charge in [-0.1, -0.05) is 0 Å². The number of nitro benzene ring substituents is 1. The van der Waals surface area contributed by atoms with Gasteiger partial charge in [0.2, 0.25) is 0 Å². The van der Waals surface area contributed by atoms with Crippen LogP contribution in [0.15, 0.2) is 48.8 Å². The number of rotatable bonds is 8.